The van der Waals surface area contributed by atoms with Crippen LogP contribution < -0.4 is 5.32 Å². The van der Waals surface area contributed by atoms with Crippen LogP contribution in [0.4, 0.5) is 5.69 Å². The monoisotopic (exact) mass is 307 g/mol. The molecule has 0 aliphatic carbocycles. The Bertz CT molecular complexity index is 604. The number of halogens is 1. The van der Waals surface area contributed by atoms with Gasteiger partial charge in [0.15, 0.2) is 0 Å². The van der Waals surface area contributed by atoms with Crippen molar-refractivity contribution in [2.45, 2.75) is 13.8 Å². The molecule has 5 heteroatoms. The molecule has 0 aliphatic rings. The molecule has 94 valence electrons. The fourth-order valence-electron chi connectivity index (χ4n) is 1.68. The molecule has 2 rings (SSSR count). The number of rotatable bonds is 2. The van der Waals surface area contributed by atoms with Crippen molar-refractivity contribution in [2.75, 3.05) is 5.32 Å². The third-order valence-electron chi connectivity index (χ3n) is 2.92. The second-order valence-electron chi connectivity index (χ2n) is 4.18. The predicted molar refractivity (Wildman–Crippen MR) is 74.8 cm³/mol. The van der Waals surface area contributed by atoms with Crippen LogP contribution in [0.3, 0.4) is 0 Å². The molecule has 4 nitrogen and oxygen atoms in total. The number of nitrogens with one attached hydrogen (secondary N) is 1. The number of hydrogen-bond acceptors (Lipinski definition) is 2. The van der Waals surface area contributed by atoms with Gasteiger partial charge < -0.3 is 5.32 Å². The van der Waals surface area contributed by atoms with Crippen LogP contribution in [0.5, 0.6) is 0 Å². The first-order valence-corrected chi connectivity index (χ1v) is 6.34. The molecule has 0 unspecified atom stereocenters. The number of anilines is 1. The van der Waals surface area contributed by atoms with E-state index < -0.39 is 0 Å². The van der Waals surface area contributed by atoms with Gasteiger partial charge in [0.05, 0.1) is 11.8 Å². The fraction of sp³-hybridized carbons (Fsp3) is 0.231. The summed E-state index contributed by atoms with van der Waals surface area (Å²) < 4.78 is 2.68. The van der Waals surface area contributed by atoms with Crippen LogP contribution in [0.2, 0.25) is 0 Å². The fourth-order valence-corrected chi connectivity index (χ4v) is 2.15. The molecule has 0 saturated heterocycles. The molecule has 1 aromatic heterocycles. The number of hydrogen-bond donors (Lipinski definition) is 1. The van der Waals surface area contributed by atoms with Crippen LogP contribution in [-0.4, -0.2) is 15.7 Å². The molecule has 0 radical (unpaired) electrons. The highest BCUT2D eigenvalue weighted by atomic mass is 79.9. The Balaban J connectivity index is 2.24. The first-order valence-electron chi connectivity index (χ1n) is 5.55. The van der Waals surface area contributed by atoms with Crippen LogP contribution >= 0.6 is 15.9 Å². The SMILES string of the molecule is Cc1cc(Br)ccc1NC(=O)c1cnn(C)c1C. The lowest BCUT2D eigenvalue weighted by atomic mass is 10.2. The number of amides is 1. The van der Waals surface area contributed by atoms with Crippen molar-refractivity contribution >= 4 is 27.5 Å². The van der Waals surface area contributed by atoms with Crippen LogP contribution in [0.15, 0.2) is 28.9 Å². The molecule has 0 fully saturated rings. The summed E-state index contributed by atoms with van der Waals surface area (Å²) in [4.78, 5) is 12.1. The van der Waals surface area contributed by atoms with E-state index in [1.165, 1.54) is 0 Å². The van der Waals surface area contributed by atoms with Gasteiger partial charge in [0.1, 0.15) is 0 Å². The molecule has 1 N–H and O–H groups in total. The summed E-state index contributed by atoms with van der Waals surface area (Å²) in [7, 11) is 1.82. The lowest BCUT2D eigenvalue weighted by Gasteiger charge is -2.08. The van der Waals surface area contributed by atoms with E-state index in [-0.39, 0.29) is 5.91 Å². The second-order valence-corrected chi connectivity index (χ2v) is 5.10. The van der Waals surface area contributed by atoms with E-state index >= 15 is 0 Å². The highest BCUT2D eigenvalue weighted by molar-refractivity contribution is 9.10. The van der Waals surface area contributed by atoms with E-state index in [0.29, 0.717) is 5.56 Å². The Morgan fingerprint density at radius 1 is 1.39 bits per heavy atom. The normalized spacial score (nSPS) is 10.4. The third kappa shape index (κ3) is 2.46. The van der Waals surface area contributed by atoms with Crippen molar-refractivity contribution in [3.05, 3.63) is 45.7 Å². The first-order chi connectivity index (χ1) is 8.49. The zero-order valence-electron chi connectivity index (χ0n) is 10.5. The largest absolute Gasteiger partial charge is 0.322 e. The van der Waals surface area contributed by atoms with Gasteiger partial charge in [-0.15, -0.1) is 0 Å². The van der Waals surface area contributed by atoms with Gasteiger partial charge >= 0.3 is 0 Å². The quantitative estimate of drug-likeness (QED) is 0.927. The summed E-state index contributed by atoms with van der Waals surface area (Å²) in [5, 5.41) is 6.96. The van der Waals surface area contributed by atoms with Gasteiger partial charge in [-0.2, -0.15) is 5.10 Å². The van der Waals surface area contributed by atoms with E-state index in [9.17, 15) is 4.79 Å². The Morgan fingerprint density at radius 2 is 2.11 bits per heavy atom. The van der Waals surface area contributed by atoms with Gasteiger partial charge in [-0.1, -0.05) is 15.9 Å². The highest BCUT2D eigenvalue weighted by Gasteiger charge is 2.13. The van der Waals surface area contributed by atoms with E-state index in [1.807, 2.05) is 39.1 Å². The van der Waals surface area contributed by atoms with Crippen LogP contribution in [0.25, 0.3) is 0 Å². The molecule has 0 saturated carbocycles. The van der Waals surface area contributed by atoms with Gasteiger partial charge in [0.25, 0.3) is 5.91 Å². The minimum atomic E-state index is -0.133. The Hall–Kier alpha value is -1.62. The van der Waals surface area contributed by atoms with Crippen molar-refractivity contribution < 1.29 is 4.79 Å². The second kappa shape index (κ2) is 4.94. The van der Waals surface area contributed by atoms with Crippen LogP contribution in [0.1, 0.15) is 21.6 Å². The van der Waals surface area contributed by atoms with E-state index in [4.69, 9.17) is 0 Å². The smallest absolute Gasteiger partial charge is 0.259 e. The first kappa shape index (κ1) is 12.8. The molecule has 0 aliphatic heterocycles. The van der Waals surface area contributed by atoms with Crippen molar-refractivity contribution in [3.8, 4) is 0 Å². The maximum absolute atomic E-state index is 12.1. The lowest BCUT2D eigenvalue weighted by molar-refractivity contribution is 0.102. The van der Waals surface area contributed by atoms with E-state index in [1.54, 1.807) is 10.9 Å². The Morgan fingerprint density at radius 3 is 2.67 bits per heavy atom. The van der Waals surface area contributed by atoms with Crippen molar-refractivity contribution in [1.29, 1.82) is 0 Å². The maximum atomic E-state index is 12.1. The topological polar surface area (TPSA) is 46.9 Å². The number of nitrogens with zero attached hydrogens (tertiary/aromatic N) is 2. The Kier molecular flexibility index (Phi) is 3.52. The third-order valence-corrected chi connectivity index (χ3v) is 3.41. The average molecular weight is 308 g/mol. The number of carbonyl (C=O) groups is 1. The van der Waals surface area contributed by atoms with Crippen LogP contribution in [0, 0.1) is 13.8 Å². The summed E-state index contributed by atoms with van der Waals surface area (Å²) in [5.74, 6) is -0.133. The molecule has 1 aromatic carbocycles. The minimum Gasteiger partial charge on any atom is -0.322 e. The zero-order valence-corrected chi connectivity index (χ0v) is 12.1. The van der Waals surface area contributed by atoms with Crippen molar-refractivity contribution in [3.63, 3.8) is 0 Å². The standard InChI is InChI=1S/C13H14BrN3O/c1-8-6-10(14)4-5-12(8)16-13(18)11-7-15-17(3)9(11)2/h4-7H,1-3H3,(H,16,18). The van der Waals surface area contributed by atoms with Crippen LogP contribution in [-0.2, 0) is 7.05 Å². The number of aryl methyl sites for hydroxylation is 2. The summed E-state index contributed by atoms with van der Waals surface area (Å²) in [6, 6.07) is 5.74. The van der Waals surface area contributed by atoms with Gasteiger partial charge in [0, 0.05) is 22.9 Å². The summed E-state index contributed by atoms with van der Waals surface area (Å²) in [6.45, 7) is 3.83. The minimum absolute atomic E-state index is 0.133. The van der Waals surface area contributed by atoms with Crippen molar-refractivity contribution in [2.24, 2.45) is 7.05 Å². The van der Waals surface area contributed by atoms with Gasteiger partial charge in [-0.3, -0.25) is 9.48 Å². The predicted octanol–water partition coefficient (Wildman–Crippen LogP) is 3.05. The molecule has 0 atom stereocenters. The molecule has 0 spiro atoms. The van der Waals surface area contributed by atoms with Gasteiger partial charge in [-0.05, 0) is 37.6 Å². The molecule has 1 amide bonds. The average Bonchev–Trinajstić information content (AvgIpc) is 2.64. The highest BCUT2D eigenvalue weighted by Crippen LogP contribution is 2.21. The summed E-state index contributed by atoms with van der Waals surface area (Å²) >= 11 is 3.40. The summed E-state index contributed by atoms with van der Waals surface area (Å²) in [6.07, 6.45) is 1.58. The number of aromatic nitrogens is 2. The molecule has 1 heterocycles. The molecular formula is C13H14BrN3O. The van der Waals surface area contributed by atoms with Gasteiger partial charge in [-0.25, -0.2) is 0 Å². The lowest BCUT2D eigenvalue weighted by Crippen LogP contribution is -2.13. The Labute approximate surface area is 114 Å². The van der Waals surface area contributed by atoms with E-state index in [0.717, 1.165) is 21.4 Å². The molecular weight excluding hydrogens is 294 g/mol. The summed E-state index contributed by atoms with van der Waals surface area (Å²) in [5.41, 5.74) is 3.27. The molecule has 2 aromatic rings. The van der Waals surface area contributed by atoms with Crippen molar-refractivity contribution in [1.82, 2.24) is 9.78 Å². The zero-order chi connectivity index (χ0) is 13.3. The number of carbonyl (C=O) groups excluding carboxylic acids is 1. The van der Waals surface area contributed by atoms with Gasteiger partial charge in [0.2, 0.25) is 0 Å². The molecule has 0 bridgehead atoms. The number of benzene rings is 1. The van der Waals surface area contributed by atoms with E-state index in [2.05, 4.69) is 26.3 Å². The maximum Gasteiger partial charge on any atom is 0.259 e. The molecule has 18 heavy (non-hydrogen) atoms.